The van der Waals surface area contributed by atoms with Crippen LogP contribution in [-0.2, 0) is 6.54 Å². The summed E-state index contributed by atoms with van der Waals surface area (Å²) in [5.74, 6) is -0.0403. The van der Waals surface area contributed by atoms with Crippen molar-refractivity contribution in [3.05, 3.63) is 70.5 Å². The van der Waals surface area contributed by atoms with Crippen LogP contribution in [0.1, 0.15) is 27.8 Å². The average Bonchev–Trinajstić information content (AvgIpc) is 3.01. The molecule has 122 valence electrons. The van der Waals surface area contributed by atoms with Gasteiger partial charge in [0, 0.05) is 17.3 Å². The van der Waals surface area contributed by atoms with Crippen LogP contribution in [0, 0.1) is 36.5 Å². The van der Waals surface area contributed by atoms with Gasteiger partial charge in [0.15, 0.2) is 0 Å². The molecule has 0 aliphatic heterocycles. The van der Waals surface area contributed by atoms with Crippen molar-refractivity contribution >= 4 is 0 Å². The molecule has 5 heteroatoms. The zero-order valence-electron chi connectivity index (χ0n) is 14.0. The zero-order chi connectivity index (χ0) is 18.0. The number of phenolic OH excluding ortho intramolecular Hbond substituents is 1. The molecule has 0 bridgehead atoms. The first-order valence-electron chi connectivity index (χ1n) is 7.77. The number of hydrogen-bond donors (Lipinski definition) is 1. The number of aromatic hydroxyl groups is 1. The summed E-state index contributed by atoms with van der Waals surface area (Å²) in [5, 5.41) is 32.7. The lowest BCUT2D eigenvalue weighted by molar-refractivity contribution is 0.477. The molecular weight excluding hydrogens is 312 g/mol. The number of rotatable bonds is 3. The van der Waals surface area contributed by atoms with Gasteiger partial charge in [-0.2, -0.15) is 15.6 Å². The maximum atomic E-state index is 10.2. The Morgan fingerprint density at radius 2 is 1.64 bits per heavy atom. The Labute approximate surface area is 146 Å². The van der Waals surface area contributed by atoms with Crippen molar-refractivity contribution < 1.29 is 5.11 Å². The van der Waals surface area contributed by atoms with E-state index in [4.69, 9.17) is 10.5 Å². The van der Waals surface area contributed by atoms with Crippen LogP contribution in [0.25, 0.3) is 11.1 Å². The third-order valence-electron chi connectivity index (χ3n) is 3.95. The van der Waals surface area contributed by atoms with Crippen LogP contribution in [-0.4, -0.2) is 14.9 Å². The van der Waals surface area contributed by atoms with Gasteiger partial charge in [-0.15, -0.1) is 0 Å². The quantitative estimate of drug-likeness (QED) is 0.795. The Balaban J connectivity index is 1.94. The maximum Gasteiger partial charge on any atom is 0.124 e. The summed E-state index contributed by atoms with van der Waals surface area (Å²) < 4.78 is 1.78. The van der Waals surface area contributed by atoms with Crippen LogP contribution in [0.5, 0.6) is 5.75 Å². The normalized spacial score (nSPS) is 10.2. The molecule has 0 radical (unpaired) electrons. The Morgan fingerprint density at radius 3 is 2.28 bits per heavy atom. The molecule has 1 N–H and O–H groups in total. The highest BCUT2D eigenvalue weighted by Gasteiger charge is 2.12. The lowest BCUT2D eigenvalue weighted by atomic mass is 10.0. The van der Waals surface area contributed by atoms with Crippen molar-refractivity contribution in [1.29, 1.82) is 10.5 Å². The monoisotopic (exact) mass is 328 g/mol. The first-order valence-corrected chi connectivity index (χ1v) is 7.77. The summed E-state index contributed by atoms with van der Waals surface area (Å²) in [7, 11) is 0. The van der Waals surface area contributed by atoms with Crippen LogP contribution in [0.3, 0.4) is 0 Å². The van der Waals surface area contributed by atoms with E-state index in [2.05, 4.69) is 37.1 Å². The smallest absolute Gasteiger partial charge is 0.124 e. The third-order valence-corrected chi connectivity index (χ3v) is 3.95. The van der Waals surface area contributed by atoms with Crippen molar-refractivity contribution in [2.75, 3.05) is 0 Å². The van der Waals surface area contributed by atoms with E-state index >= 15 is 0 Å². The molecule has 0 saturated carbocycles. The van der Waals surface area contributed by atoms with Gasteiger partial charge in [-0.25, -0.2) is 0 Å². The molecule has 0 unspecified atom stereocenters. The zero-order valence-corrected chi connectivity index (χ0v) is 14.0. The van der Waals surface area contributed by atoms with Crippen molar-refractivity contribution in [1.82, 2.24) is 9.78 Å². The molecule has 3 aromatic rings. The summed E-state index contributed by atoms with van der Waals surface area (Å²) in [6, 6.07) is 13.1. The van der Waals surface area contributed by atoms with E-state index in [1.54, 1.807) is 10.9 Å². The van der Waals surface area contributed by atoms with Gasteiger partial charge in [0.2, 0.25) is 0 Å². The van der Waals surface area contributed by atoms with Gasteiger partial charge in [0.25, 0.3) is 0 Å². The second kappa shape index (κ2) is 6.51. The Hall–Kier alpha value is -3.57. The number of aromatic nitrogens is 2. The SMILES string of the molecule is Cc1cc(C)cc(Cn2cc(-c3cc(C#N)c(C#N)cc3O)cn2)c1. The van der Waals surface area contributed by atoms with E-state index in [1.807, 2.05) is 18.3 Å². The highest BCUT2D eigenvalue weighted by atomic mass is 16.3. The van der Waals surface area contributed by atoms with E-state index in [-0.39, 0.29) is 16.9 Å². The Morgan fingerprint density at radius 1 is 1.00 bits per heavy atom. The highest BCUT2D eigenvalue weighted by molar-refractivity contribution is 5.73. The first kappa shape index (κ1) is 16.3. The third kappa shape index (κ3) is 3.36. The van der Waals surface area contributed by atoms with Crippen molar-refractivity contribution in [2.24, 2.45) is 0 Å². The second-order valence-electron chi connectivity index (χ2n) is 6.06. The molecule has 0 atom stereocenters. The minimum atomic E-state index is -0.0403. The molecule has 0 fully saturated rings. The highest BCUT2D eigenvalue weighted by Crippen LogP contribution is 2.31. The van der Waals surface area contributed by atoms with Gasteiger partial charge in [0.1, 0.15) is 17.9 Å². The molecule has 0 amide bonds. The molecular formula is C20H16N4O. The lowest BCUT2D eigenvalue weighted by Gasteiger charge is -2.06. The summed E-state index contributed by atoms with van der Waals surface area (Å²) >= 11 is 0. The second-order valence-corrected chi connectivity index (χ2v) is 6.06. The van der Waals surface area contributed by atoms with Crippen molar-refractivity contribution in [3.63, 3.8) is 0 Å². The van der Waals surface area contributed by atoms with Gasteiger partial charge >= 0.3 is 0 Å². The lowest BCUT2D eigenvalue weighted by Crippen LogP contribution is -2.00. The van der Waals surface area contributed by atoms with Crippen LogP contribution in [0.4, 0.5) is 0 Å². The van der Waals surface area contributed by atoms with Gasteiger partial charge in [0.05, 0.1) is 23.9 Å². The average molecular weight is 328 g/mol. The van der Waals surface area contributed by atoms with E-state index in [9.17, 15) is 5.11 Å². The van der Waals surface area contributed by atoms with E-state index in [0.29, 0.717) is 17.7 Å². The van der Waals surface area contributed by atoms with Crippen LogP contribution in [0.2, 0.25) is 0 Å². The minimum absolute atomic E-state index is 0.0403. The minimum Gasteiger partial charge on any atom is -0.507 e. The number of nitriles is 2. The maximum absolute atomic E-state index is 10.2. The molecule has 0 saturated heterocycles. The van der Waals surface area contributed by atoms with Gasteiger partial charge in [-0.1, -0.05) is 29.3 Å². The fourth-order valence-electron chi connectivity index (χ4n) is 2.94. The first-order chi connectivity index (χ1) is 12.0. The number of aryl methyl sites for hydroxylation is 2. The van der Waals surface area contributed by atoms with E-state index in [1.165, 1.54) is 23.3 Å². The van der Waals surface area contributed by atoms with Gasteiger partial charge < -0.3 is 5.11 Å². The summed E-state index contributed by atoms with van der Waals surface area (Å²) in [5.41, 5.74) is 5.12. The predicted molar refractivity (Wildman–Crippen MR) is 93.8 cm³/mol. The topological polar surface area (TPSA) is 85.6 Å². The molecule has 5 nitrogen and oxygen atoms in total. The summed E-state index contributed by atoms with van der Waals surface area (Å²) in [4.78, 5) is 0. The van der Waals surface area contributed by atoms with Gasteiger partial charge in [-0.3, -0.25) is 4.68 Å². The Kier molecular flexibility index (Phi) is 4.24. The van der Waals surface area contributed by atoms with E-state index < -0.39 is 0 Å². The number of phenols is 1. The fraction of sp³-hybridized carbons (Fsp3) is 0.150. The number of benzene rings is 2. The van der Waals surface area contributed by atoms with Crippen LogP contribution < -0.4 is 0 Å². The number of hydrogen-bond acceptors (Lipinski definition) is 4. The summed E-state index contributed by atoms with van der Waals surface area (Å²) in [6.45, 7) is 4.73. The van der Waals surface area contributed by atoms with E-state index in [0.717, 1.165) is 5.56 Å². The van der Waals surface area contributed by atoms with Crippen LogP contribution >= 0.6 is 0 Å². The fourth-order valence-corrected chi connectivity index (χ4v) is 2.94. The molecule has 0 spiro atoms. The van der Waals surface area contributed by atoms with Gasteiger partial charge in [-0.05, 0) is 31.5 Å². The Bertz CT molecular complexity index is 1010. The largest absolute Gasteiger partial charge is 0.507 e. The number of nitrogens with zero attached hydrogens (tertiary/aromatic N) is 4. The molecule has 0 aliphatic carbocycles. The molecule has 25 heavy (non-hydrogen) atoms. The van der Waals surface area contributed by atoms with Crippen molar-refractivity contribution in [3.8, 4) is 29.0 Å². The molecule has 1 heterocycles. The van der Waals surface area contributed by atoms with Crippen molar-refractivity contribution in [2.45, 2.75) is 20.4 Å². The molecule has 2 aromatic carbocycles. The predicted octanol–water partition coefficient (Wildman–Crippen LogP) is 3.66. The summed E-state index contributed by atoms with van der Waals surface area (Å²) in [6.07, 6.45) is 3.46. The molecule has 0 aliphatic rings. The van der Waals surface area contributed by atoms with Crippen LogP contribution in [0.15, 0.2) is 42.7 Å². The molecule has 1 aromatic heterocycles. The molecule has 3 rings (SSSR count). The standard InChI is InChI=1S/C20H16N4O/c1-13-3-14(2)5-15(4-13)11-24-12-18(10-23-24)19-6-16(8-21)17(9-22)7-20(19)25/h3-7,10,12,25H,11H2,1-2H3.